The van der Waals surface area contributed by atoms with E-state index in [2.05, 4.69) is 27.1 Å². The summed E-state index contributed by atoms with van der Waals surface area (Å²) in [4.78, 5) is 10.9. The first-order chi connectivity index (χ1) is 6.83. The molecule has 1 aromatic rings. The Hall–Kier alpha value is -1.32. The fraction of sp³-hybridized carbons (Fsp3) is 0.600. The van der Waals surface area contributed by atoms with Crippen LogP contribution in [-0.4, -0.2) is 30.1 Å². The molecule has 0 atom stereocenters. The molecule has 14 heavy (non-hydrogen) atoms. The van der Waals surface area contributed by atoms with Crippen molar-refractivity contribution >= 4 is 11.6 Å². The third-order valence-electron chi connectivity index (χ3n) is 2.70. The van der Waals surface area contributed by atoms with Gasteiger partial charge >= 0.3 is 0 Å². The summed E-state index contributed by atoms with van der Waals surface area (Å²) in [6.45, 7) is 4.32. The first kappa shape index (κ1) is 9.24. The van der Waals surface area contributed by atoms with Gasteiger partial charge in [-0.25, -0.2) is 9.97 Å². The third-order valence-corrected chi connectivity index (χ3v) is 2.70. The van der Waals surface area contributed by atoms with Crippen LogP contribution in [0.4, 0.5) is 11.6 Å². The molecule has 0 unspecified atom stereocenters. The lowest BCUT2D eigenvalue weighted by Gasteiger charge is -2.19. The minimum atomic E-state index is 0.932. The molecule has 1 aliphatic rings. The van der Waals surface area contributed by atoms with Crippen LogP contribution in [0.5, 0.6) is 0 Å². The average Bonchev–Trinajstić information content (AvgIpc) is 2.71. The summed E-state index contributed by atoms with van der Waals surface area (Å²) in [6, 6.07) is 0. The number of nitrogens with zero attached hydrogens (tertiary/aromatic N) is 3. The molecule has 1 fully saturated rings. The van der Waals surface area contributed by atoms with Gasteiger partial charge in [0.2, 0.25) is 0 Å². The molecule has 4 nitrogen and oxygen atoms in total. The van der Waals surface area contributed by atoms with Crippen LogP contribution in [0.3, 0.4) is 0 Å². The molecule has 0 saturated carbocycles. The highest BCUT2D eigenvalue weighted by atomic mass is 15.2. The van der Waals surface area contributed by atoms with Crippen molar-refractivity contribution in [2.75, 3.05) is 30.4 Å². The Morgan fingerprint density at radius 3 is 2.64 bits per heavy atom. The number of hydrogen-bond acceptors (Lipinski definition) is 4. The van der Waals surface area contributed by atoms with Crippen LogP contribution in [0, 0.1) is 6.92 Å². The second-order valence-electron chi connectivity index (χ2n) is 3.62. The minimum Gasteiger partial charge on any atom is -0.373 e. The second kappa shape index (κ2) is 3.82. The van der Waals surface area contributed by atoms with Crippen molar-refractivity contribution in [3.8, 4) is 0 Å². The summed E-state index contributed by atoms with van der Waals surface area (Å²) in [5.74, 6) is 2.02. The van der Waals surface area contributed by atoms with Gasteiger partial charge in [-0.15, -0.1) is 0 Å². The van der Waals surface area contributed by atoms with Gasteiger partial charge in [0.25, 0.3) is 0 Å². The van der Waals surface area contributed by atoms with Gasteiger partial charge in [-0.05, 0) is 19.8 Å². The van der Waals surface area contributed by atoms with E-state index in [1.165, 1.54) is 12.8 Å². The summed E-state index contributed by atoms with van der Waals surface area (Å²) in [7, 11) is 1.89. The quantitative estimate of drug-likeness (QED) is 0.769. The summed E-state index contributed by atoms with van der Waals surface area (Å²) < 4.78 is 0. The number of nitrogens with one attached hydrogen (secondary N) is 1. The average molecular weight is 192 g/mol. The topological polar surface area (TPSA) is 41.1 Å². The van der Waals surface area contributed by atoms with Crippen molar-refractivity contribution in [2.24, 2.45) is 0 Å². The van der Waals surface area contributed by atoms with Gasteiger partial charge in [0.1, 0.15) is 18.0 Å². The van der Waals surface area contributed by atoms with Crippen molar-refractivity contribution in [1.82, 2.24) is 9.97 Å². The highest BCUT2D eigenvalue weighted by Gasteiger charge is 2.16. The molecule has 0 aromatic carbocycles. The highest BCUT2D eigenvalue weighted by molar-refractivity contribution is 5.57. The van der Waals surface area contributed by atoms with E-state index in [0.717, 1.165) is 30.3 Å². The molecule has 76 valence electrons. The molecule has 0 radical (unpaired) electrons. The van der Waals surface area contributed by atoms with Crippen LogP contribution in [0.25, 0.3) is 0 Å². The molecule has 1 N–H and O–H groups in total. The maximum atomic E-state index is 4.34. The summed E-state index contributed by atoms with van der Waals surface area (Å²) >= 11 is 0. The van der Waals surface area contributed by atoms with E-state index in [9.17, 15) is 0 Å². The maximum absolute atomic E-state index is 4.34. The van der Waals surface area contributed by atoms with Crippen LogP contribution in [0.2, 0.25) is 0 Å². The smallest absolute Gasteiger partial charge is 0.137 e. The zero-order chi connectivity index (χ0) is 9.97. The molecule has 0 aliphatic carbocycles. The van der Waals surface area contributed by atoms with E-state index in [-0.39, 0.29) is 0 Å². The number of aromatic nitrogens is 2. The lowest BCUT2D eigenvalue weighted by molar-refractivity contribution is 0.916. The summed E-state index contributed by atoms with van der Waals surface area (Å²) in [6.07, 6.45) is 4.18. The number of rotatable bonds is 2. The van der Waals surface area contributed by atoms with E-state index in [4.69, 9.17) is 0 Å². The zero-order valence-corrected chi connectivity index (χ0v) is 8.75. The molecular weight excluding hydrogens is 176 g/mol. The maximum Gasteiger partial charge on any atom is 0.137 e. The Kier molecular flexibility index (Phi) is 2.52. The normalized spacial score (nSPS) is 16.0. The third kappa shape index (κ3) is 1.52. The van der Waals surface area contributed by atoms with Crippen LogP contribution >= 0.6 is 0 Å². The molecular formula is C10H16N4. The van der Waals surface area contributed by atoms with Crippen molar-refractivity contribution in [3.05, 3.63) is 11.9 Å². The van der Waals surface area contributed by atoms with Crippen LogP contribution in [0.1, 0.15) is 18.4 Å². The first-order valence-corrected chi connectivity index (χ1v) is 5.07. The second-order valence-corrected chi connectivity index (χ2v) is 3.62. The molecule has 0 bridgehead atoms. The Morgan fingerprint density at radius 2 is 2.00 bits per heavy atom. The van der Waals surface area contributed by atoms with E-state index >= 15 is 0 Å². The van der Waals surface area contributed by atoms with Gasteiger partial charge in [-0.1, -0.05) is 0 Å². The minimum absolute atomic E-state index is 0.932. The number of anilines is 2. The molecule has 4 heteroatoms. The van der Waals surface area contributed by atoms with Crippen LogP contribution in [-0.2, 0) is 0 Å². The SMILES string of the molecule is CNc1ncnc(N2CCCC2)c1C. The Bertz CT molecular complexity index is 318. The lowest BCUT2D eigenvalue weighted by Crippen LogP contribution is -2.20. The Morgan fingerprint density at radius 1 is 1.29 bits per heavy atom. The van der Waals surface area contributed by atoms with Gasteiger partial charge in [0.15, 0.2) is 0 Å². The monoisotopic (exact) mass is 192 g/mol. The predicted octanol–water partition coefficient (Wildman–Crippen LogP) is 1.43. The largest absolute Gasteiger partial charge is 0.373 e. The highest BCUT2D eigenvalue weighted by Crippen LogP contribution is 2.24. The van der Waals surface area contributed by atoms with Gasteiger partial charge in [0.05, 0.1) is 0 Å². The van der Waals surface area contributed by atoms with Gasteiger partial charge in [-0.3, -0.25) is 0 Å². The first-order valence-electron chi connectivity index (χ1n) is 5.07. The standard InChI is InChI=1S/C10H16N4/c1-8-9(11-2)12-7-13-10(8)14-5-3-4-6-14/h7H,3-6H2,1-2H3,(H,11,12,13). The Labute approximate surface area is 84.4 Å². The van der Waals surface area contributed by atoms with Crippen LogP contribution in [0.15, 0.2) is 6.33 Å². The molecule has 1 aromatic heterocycles. The van der Waals surface area contributed by atoms with E-state index in [1.54, 1.807) is 6.33 Å². The molecule has 0 spiro atoms. The fourth-order valence-corrected chi connectivity index (χ4v) is 1.94. The van der Waals surface area contributed by atoms with Crippen molar-refractivity contribution in [3.63, 3.8) is 0 Å². The zero-order valence-electron chi connectivity index (χ0n) is 8.75. The summed E-state index contributed by atoms with van der Waals surface area (Å²) in [5, 5.41) is 3.08. The van der Waals surface area contributed by atoms with Crippen molar-refractivity contribution in [2.45, 2.75) is 19.8 Å². The van der Waals surface area contributed by atoms with Gasteiger partial charge in [0, 0.05) is 25.7 Å². The van der Waals surface area contributed by atoms with Crippen LogP contribution < -0.4 is 10.2 Å². The van der Waals surface area contributed by atoms with E-state index in [0.29, 0.717) is 0 Å². The van der Waals surface area contributed by atoms with Gasteiger partial charge in [-0.2, -0.15) is 0 Å². The van der Waals surface area contributed by atoms with E-state index < -0.39 is 0 Å². The lowest BCUT2D eigenvalue weighted by atomic mass is 10.3. The Balaban J connectivity index is 2.32. The van der Waals surface area contributed by atoms with Crippen molar-refractivity contribution < 1.29 is 0 Å². The molecule has 1 saturated heterocycles. The molecule has 2 rings (SSSR count). The fourth-order valence-electron chi connectivity index (χ4n) is 1.94. The summed E-state index contributed by atoms with van der Waals surface area (Å²) in [5.41, 5.74) is 1.15. The van der Waals surface area contributed by atoms with Crippen molar-refractivity contribution in [1.29, 1.82) is 0 Å². The van der Waals surface area contributed by atoms with E-state index in [1.807, 2.05) is 7.05 Å². The molecule has 0 amide bonds. The molecule has 2 heterocycles. The predicted molar refractivity (Wildman–Crippen MR) is 57.8 cm³/mol. The number of hydrogen-bond donors (Lipinski definition) is 1. The van der Waals surface area contributed by atoms with Gasteiger partial charge < -0.3 is 10.2 Å². The molecule has 1 aliphatic heterocycles.